The topological polar surface area (TPSA) is 55.0 Å². The van der Waals surface area contributed by atoms with Crippen LogP contribution in [0.1, 0.15) is 36.8 Å². The lowest BCUT2D eigenvalue weighted by atomic mass is 10.1. The number of hydrogen-bond donors (Lipinski definition) is 0. The summed E-state index contributed by atoms with van der Waals surface area (Å²) in [5.74, 6) is 0.292. The first-order chi connectivity index (χ1) is 13.7. The monoisotopic (exact) mass is 379 g/mol. The van der Waals surface area contributed by atoms with Crippen LogP contribution in [0.25, 0.3) is 5.52 Å². The highest BCUT2D eigenvalue weighted by atomic mass is 16.2. The van der Waals surface area contributed by atoms with Crippen molar-refractivity contribution in [1.29, 1.82) is 5.26 Å². The molecule has 0 atom stereocenters. The molecule has 2 fully saturated rings. The third-order valence-corrected chi connectivity index (χ3v) is 6.05. The summed E-state index contributed by atoms with van der Waals surface area (Å²) in [7, 11) is 0. The lowest BCUT2D eigenvalue weighted by Gasteiger charge is -2.35. The fourth-order valence-electron chi connectivity index (χ4n) is 4.38. The molecule has 0 saturated carbocycles. The number of carbonyl (C=O) groups excluding carboxylic acids is 1. The van der Waals surface area contributed by atoms with E-state index in [1.54, 1.807) is 0 Å². The minimum absolute atomic E-state index is 0.292. The van der Waals surface area contributed by atoms with Crippen LogP contribution in [0.5, 0.6) is 0 Å². The summed E-state index contributed by atoms with van der Waals surface area (Å²) >= 11 is 0. The van der Waals surface area contributed by atoms with Gasteiger partial charge in [0.2, 0.25) is 5.91 Å². The molecule has 4 heterocycles. The van der Waals surface area contributed by atoms with E-state index in [2.05, 4.69) is 27.0 Å². The molecule has 0 spiro atoms. The number of hydrogen-bond acceptors (Lipinski definition) is 4. The first-order valence-electron chi connectivity index (χ1n) is 10.5. The maximum absolute atomic E-state index is 12.6. The Kier molecular flexibility index (Phi) is 5.94. The Hall–Kier alpha value is -2.36. The number of rotatable bonds is 4. The molecule has 28 heavy (non-hydrogen) atoms. The van der Waals surface area contributed by atoms with Gasteiger partial charge in [0, 0.05) is 63.8 Å². The highest BCUT2D eigenvalue weighted by molar-refractivity contribution is 5.78. The van der Waals surface area contributed by atoms with Gasteiger partial charge in [0.15, 0.2) is 0 Å². The van der Waals surface area contributed by atoms with Crippen LogP contribution in [0, 0.1) is 11.3 Å². The summed E-state index contributed by atoms with van der Waals surface area (Å²) in [5, 5.41) is 9.59. The van der Waals surface area contributed by atoms with Gasteiger partial charge in [-0.3, -0.25) is 14.6 Å². The summed E-state index contributed by atoms with van der Waals surface area (Å²) in [5.41, 5.74) is 2.84. The molecule has 0 N–H and O–H groups in total. The number of piperazine rings is 1. The predicted octanol–water partition coefficient (Wildman–Crippen LogP) is 2.33. The van der Waals surface area contributed by atoms with Gasteiger partial charge in [-0.2, -0.15) is 5.26 Å². The van der Waals surface area contributed by atoms with Gasteiger partial charge in [0.1, 0.15) is 6.07 Å². The van der Waals surface area contributed by atoms with Gasteiger partial charge in [-0.1, -0.05) is 18.9 Å². The van der Waals surface area contributed by atoms with Gasteiger partial charge < -0.3 is 9.30 Å². The van der Waals surface area contributed by atoms with Gasteiger partial charge in [-0.15, -0.1) is 0 Å². The number of likely N-dealkylation sites (tertiary alicyclic amines) is 1. The smallest absolute Gasteiger partial charge is 0.236 e. The minimum atomic E-state index is 0.292. The van der Waals surface area contributed by atoms with Crippen molar-refractivity contribution in [2.24, 2.45) is 0 Å². The van der Waals surface area contributed by atoms with Crippen LogP contribution in [0.4, 0.5) is 0 Å². The van der Waals surface area contributed by atoms with Gasteiger partial charge in [0.25, 0.3) is 0 Å². The Labute approximate surface area is 166 Å². The van der Waals surface area contributed by atoms with E-state index in [0.717, 1.165) is 75.3 Å². The summed E-state index contributed by atoms with van der Waals surface area (Å²) in [6, 6.07) is 8.33. The first kappa shape index (κ1) is 19.0. The van der Waals surface area contributed by atoms with Gasteiger partial charge in [-0.25, -0.2) is 0 Å². The Morgan fingerprint density at radius 1 is 0.964 bits per heavy atom. The molecule has 1 amide bonds. The highest BCUT2D eigenvalue weighted by Gasteiger charge is 2.23. The predicted molar refractivity (Wildman–Crippen MR) is 109 cm³/mol. The fraction of sp³-hybridized carbons (Fsp3) is 0.545. The van der Waals surface area contributed by atoms with E-state index >= 15 is 0 Å². The van der Waals surface area contributed by atoms with Crippen LogP contribution in [0.15, 0.2) is 30.6 Å². The molecule has 2 saturated heterocycles. The van der Waals surface area contributed by atoms with Crippen molar-refractivity contribution in [2.75, 3.05) is 45.8 Å². The molecule has 2 aliphatic rings. The summed E-state index contributed by atoms with van der Waals surface area (Å²) in [6.07, 6.45) is 8.86. The largest absolute Gasteiger partial charge is 0.342 e. The third-order valence-electron chi connectivity index (χ3n) is 6.05. The quantitative estimate of drug-likeness (QED) is 0.818. The van der Waals surface area contributed by atoms with Gasteiger partial charge in [0.05, 0.1) is 17.6 Å². The summed E-state index contributed by atoms with van der Waals surface area (Å²) < 4.78 is 2.03. The van der Waals surface area contributed by atoms with Crippen molar-refractivity contribution in [2.45, 2.75) is 32.2 Å². The average Bonchev–Trinajstić information content (AvgIpc) is 2.87. The fourth-order valence-corrected chi connectivity index (χ4v) is 4.38. The molecule has 148 valence electrons. The molecule has 0 unspecified atom stereocenters. The zero-order valence-corrected chi connectivity index (χ0v) is 16.5. The molecule has 6 heteroatoms. The van der Waals surface area contributed by atoms with E-state index in [9.17, 15) is 10.1 Å². The van der Waals surface area contributed by atoms with Crippen molar-refractivity contribution in [3.05, 3.63) is 41.7 Å². The van der Waals surface area contributed by atoms with E-state index in [-0.39, 0.29) is 0 Å². The lowest BCUT2D eigenvalue weighted by molar-refractivity contribution is -0.132. The number of pyridine rings is 1. The molecule has 0 aromatic carbocycles. The van der Waals surface area contributed by atoms with Crippen LogP contribution >= 0.6 is 0 Å². The second-order valence-electron chi connectivity index (χ2n) is 7.98. The van der Waals surface area contributed by atoms with Crippen molar-refractivity contribution in [1.82, 2.24) is 19.1 Å². The number of fused-ring (bicyclic) bond motifs is 1. The molecular formula is C22H29N5O. The normalized spacial score (nSPS) is 19.5. The van der Waals surface area contributed by atoms with Gasteiger partial charge in [-0.05, 0) is 25.0 Å². The van der Waals surface area contributed by atoms with E-state index in [0.29, 0.717) is 12.5 Å². The minimum Gasteiger partial charge on any atom is -0.342 e. The van der Waals surface area contributed by atoms with Crippen LogP contribution in [0.2, 0.25) is 0 Å². The Bertz CT molecular complexity index is 851. The molecule has 6 nitrogen and oxygen atoms in total. The van der Waals surface area contributed by atoms with E-state index < -0.39 is 0 Å². The molecule has 2 aromatic rings. The highest BCUT2D eigenvalue weighted by Crippen LogP contribution is 2.20. The van der Waals surface area contributed by atoms with Crippen LogP contribution in [-0.4, -0.2) is 70.8 Å². The van der Waals surface area contributed by atoms with Crippen molar-refractivity contribution < 1.29 is 4.79 Å². The molecule has 2 aromatic heterocycles. The number of amides is 1. The number of aromatic nitrogens is 1. The Balaban J connectivity index is 1.31. The third kappa shape index (κ3) is 4.21. The number of nitriles is 1. The van der Waals surface area contributed by atoms with Crippen molar-refractivity contribution in [3.63, 3.8) is 0 Å². The Morgan fingerprint density at radius 2 is 1.68 bits per heavy atom. The summed E-state index contributed by atoms with van der Waals surface area (Å²) in [4.78, 5) is 19.3. The molecule has 4 rings (SSSR count). The number of nitrogens with zero attached hydrogens (tertiary/aromatic N) is 5. The molecular weight excluding hydrogens is 350 g/mol. The molecule has 0 bridgehead atoms. The second kappa shape index (κ2) is 8.76. The maximum Gasteiger partial charge on any atom is 0.236 e. The molecule has 0 aliphatic carbocycles. The van der Waals surface area contributed by atoms with Gasteiger partial charge >= 0.3 is 0 Å². The number of carbonyl (C=O) groups is 1. The zero-order valence-electron chi connectivity index (χ0n) is 16.5. The van der Waals surface area contributed by atoms with Crippen LogP contribution < -0.4 is 0 Å². The zero-order chi connectivity index (χ0) is 19.3. The summed E-state index contributed by atoms with van der Waals surface area (Å²) in [6.45, 7) is 6.89. The SMILES string of the molecule is N#Cc1c(CN2CCN(CC(=O)N3CCCCCC3)CC2)cn2ccccc12. The van der Waals surface area contributed by atoms with E-state index in [1.165, 1.54) is 12.8 Å². The van der Waals surface area contributed by atoms with Crippen LogP contribution in [0.3, 0.4) is 0 Å². The second-order valence-corrected chi connectivity index (χ2v) is 7.98. The average molecular weight is 380 g/mol. The Morgan fingerprint density at radius 3 is 2.39 bits per heavy atom. The lowest BCUT2D eigenvalue weighted by Crippen LogP contribution is -2.49. The van der Waals surface area contributed by atoms with Crippen molar-refractivity contribution in [3.8, 4) is 6.07 Å². The van der Waals surface area contributed by atoms with E-state index in [4.69, 9.17) is 0 Å². The van der Waals surface area contributed by atoms with E-state index in [1.807, 2.05) is 28.8 Å². The van der Waals surface area contributed by atoms with Crippen molar-refractivity contribution >= 4 is 11.4 Å². The maximum atomic E-state index is 12.6. The first-order valence-corrected chi connectivity index (χ1v) is 10.5. The van der Waals surface area contributed by atoms with Crippen LogP contribution in [-0.2, 0) is 11.3 Å². The standard InChI is InChI=1S/C22H29N5O/c23-15-20-19(17-27-10-6-3-7-21(20)27)16-24-11-13-25(14-12-24)18-22(28)26-8-4-1-2-5-9-26/h3,6-7,10,17H,1-2,4-5,8-9,11-14,16,18H2. The molecule has 0 radical (unpaired) electrons. The molecule has 2 aliphatic heterocycles.